The van der Waals surface area contributed by atoms with Gasteiger partial charge in [-0.25, -0.2) is 0 Å². The number of halogens is 1. The molecule has 0 amide bonds. The molecule has 0 fully saturated rings. The molecular weight excluding hydrogens is 274 g/mol. The lowest BCUT2D eigenvalue weighted by molar-refractivity contribution is 0.104. The molecule has 0 heterocycles. The molecule has 0 aliphatic heterocycles. The van der Waals surface area contributed by atoms with Gasteiger partial charge in [0.2, 0.25) is 0 Å². The summed E-state index contributed by atoms with van der Waals surface area (Å²) in [4.78, 5) is 0. The average molecular weight is 302 g/mol. The van der Waals surface area contributed by atoms with Crippen molar-refractivity contribution in [3.05, 3.63) is 29.8 Å². The first-order valence-corrected chi connectivity index (χ1v) is 7.25. The number of para-hydroxylation sites is 1. The van der Waals surface area contributed by atoms with Gasteiger partial charge in [-0.3, -0.25) is 0 Å². The molecule has 0 aliphatic carbocycles. The Morgan fingerprint density at radius 3 is 2.60 bits per heavy atom. The van der Waals surface area contributed by atoms with Gasteiger partial charge in [-0.2, -0.15) is 0 Å². The van der Waals surface area contributed by atoms with E-state index < -0.39 is 6.10 Å². The van der Waals surface area contributed by atoms with Crippen LogP contribution in [-0.2, 0) is 6.42 Å². The van der Waals surface area contributed by atoms with Crippen LogP contribution in [0, 0.1) is 0 Å². The SMILES string of the molecule is CCCCc1ccccc1OCC(O)CNC(C)C.Cl. The van der Waals surface area contributed by atoms with E-state index in [1.54, 1.807) is 0 Å². The topological polar surface area (TPSA) is 41.5 Å². The molecule has 0 saturated heterocycles. The number of aliphatic hydroxyl groups is 1. The number of aliphatic hydroxyl groups excluding tert-OH is 1. The molecule has 0 spiro atoms. The van der Waals surface area contributed by atoms with Crippen LogP contribution < -0.4 is 10.1 Å². The summed E-state index contributed by atoms with van der Waals surface area (Å²) in [7, 11) is 0. The fraction of sp³-hybridized carbons (Fsp3) is 0.625. The van der Waals surface area contributed by atoms with E-state index in [9.17, 15) is 5.11 Å². The Hall–Kier alpha value is -0.770. The Balaban J connectivity index is 0.00000361. The summed E-state index contributed by atoms with van der Waals surface area (Å²) in [6, 6.07) is 8.47. The Morgan fingerprint density at radius 2 is 1.95 bits per heavy atom. The fourth-order valence-corrected chi connectivity index (χ4v) is 1.84. The van der Waals surface area contributed by atoms with Gasteiger partial charge in [0.15, 0.2) is 0 Å². The van der Waals surface area contributed by atoms with Crippen LogP contribution in [0.3, 0.4) is 0 Å². The van der Waals surface area contributed by atoms with Gasteiger partial charge in [0.25, 0.3) is 0 Å². The van der Waals surface area contributed by atoms with Crippen LogP contribution in [0.15, 0.2) is 24.3 Å². The van der Waals surface area contributed by atoms with Crippen LogP contribution >= 0.6 is 12.4 Å². The molecule has 0 bridgehead atoms. The van der Waals surface area contributed by atoms with Gasteiger partial charge >= 0.3 is 0 Å². The van der Waals surface area contributed by atoms with Crippen molar-refractivity contribution in [3.63, 3.8) is 0 Å². The van der Waals surface area contributed by atoms with Crippen LogP contribution in [0.1, 0.15) is 39.2 Å². The summed E-state index contributed by atoms with van der Waals surface area (Å²) in [6.45, 7) is 7.21. The molecule has 0 radical (unpaired) electrons. The van der Waals surface area contributed by atoms with Crippen molar-refractivity contribution < 1.29 is 9.84 Å². The third-order valence-corrected chi connectivity index (χ3v) is 2.97. The Labute approximate surface area is 129 Å². The van der Waals surface area contributed by atoms with E-state index in [0.717, 1.165) is 18.6 Å². The zero-order valence-electron chi connectivity index (χ0n) is 12.8. The number of aryl methyl sites for hydroxylation is 1. The maximum Gasteiger partial charge on any atom is 0.122 e. The molecule has 0 aromatic heterocycles. The number of ether oxygens (including phenoxy) is 1. The van der Waals surface area contributed by atoms with Crippen LogP contribution in [0.4, 0.5) is 0 Å². The van der Waals surface area contributed by atoms with Crippen molar-refractivity contribution in [2.45, 2.75) is 52.2 Å². The summed E-state index contributed by atoms with van der Waals surface area (Å²) >= 11 is 0. The second kappa shape index (κ2) is 11.0. The lowest BCUT2D eigenvalue weighted by Crippen LogP contribution is -2.35. The first kappa shape index (κ1) is 19.2. The number of rotatable bonds is 9. The Bertz CT molecular complexity index is 358. The molecule has 116 valence electrons. The molecule has 1 rings (SSSR count). The van der Waals surface area contributed by atoms with E-state index in [1.165, 1.54) is 12.0 Å². The lowest BCUT2D eigenvalue weighted by Gasteiger charge is -2.16. The van der Waals surface area contributed by atoms with Crippen LogP contribution in [-0.4, -0.2) is 30.4 Å². The summed E-state index contributed by atoms with van der Waals surface area (Å²) in [5, 5.41) is 13.0. The maximum atomic E-state index is 9.84. The number of nitrogens with one attached hydrogen (secondary N) is 1. The molecular formula is C16H28ClNO2. The molecule has 0 saturated carbocycles. The van der Waals surface area contributed by atoms with Gasteiger partial charge in [-0.05, 0) is 24.5 Å². The van der Waals surface area contributed by atoms with E-state index in [0.29, 0.717) is 19.2 Å². The van der Waals surface area contributed by atoms with Gasteiger partial charge in [0.05, 0.1) is 0 Å². The molecule has 1 unspecified atom stereocenters. The highest BCUT2D eigenvalue weighted by molar-refractivity contribution is 5.85. The summed E-state index contributed by atoms with van der Waals surface area (Å²) in [5.41, 5.74) is 1.23. The number of benzene rings is 1. The summed E-state index contributed by atoms with van der Waals surface area (Å²) < 4.78 is 5.74. The van der Waals surface area contributed by atoms with Crippen LogP contribution in [0.25, 0.3) is 0 Å². The largest absolute Gasteiger partial charge is 0.491 e. The van der Waals surface area contributed by atoms with Crippen LogP contribution in [0.5, 0.6) is 5.75 Å². The third-order valence-electron chi connectivity index (χ3n) is 2.97. The zero-order valence-corrected chi connectivity index (χ0v) is 13.6. The third kappa shape index (κ3) is 7.73. The van der Waals surface area contributed by atoms with Crippen molar-refractivity contribution in [2.75, 3.05) is 13.2 Å². The highest BCUT2D eigenvalue weighted by Gasteiger charge is 2.08. The predicted molar refractivity (Wildman–Crippen MR) is 86.9 cm³/mol. The van der Waals surface area contributed by atoms with Crippen molar-refractivity contribution in [1.29, 1.82) is 0 Å². The van der Waals surface area contributed by atoms with Gasteiger partial charge in [-0.15, -0.1) is 12.4 Å². The van der Waals surface area contributed by atoms with Gasteiger partial charge in [0, 0.05) is 12.6 Å². The van der Waals surface area contributed by atoms with E-state index in [-0.39, 0.29) is 12.4 Å². The Kier molecular flexibility index (Phi) is 10.5. The number of hydrogen-bond donors (Lipinski definition) is 2. The second-order valence-electron chi connectivity index (χ2n) is 5.24. The van der Waals surface area contributed by atoms with E-state index in [4.69, 9.17) is 4.74 Å². The normalized spacial score (nSPS) is 12.1. The summed E-state index contributed by atoms with van der Waals surface area (Å²) in [5.74, 6) is 0.902. The van der Waals surface area contributed by atoms with E-state index >= 15 is 0 Å². The quantitative estimate of drug-likeness (QED) is 0.736. The molecule has 1 aromatic rings. The first-order chi connectivity index (χ1) is 9.13. The molecule has 2 N–H and O–H groups in total. The number of hydrogen-bond acceptors (Lipinski definition) is 3. The predicted octanol–water partition coefficient (Wildman–Crippen LogP) is 3.19. The van der Waals surface area contributed by atoms with E-state index in [1.807, 2.05) is 18.2 Å². The van der Waals surface area contributed by atoms with E-state index in [2.05, 4.69) is 32.2 Å². The zero-order chi connectivity index (χ0) is 14.1. The average Bonchev–Trinajstić information content (AvgIpc) is 2.41. The molecule has 1 aromatic carbocycles. The highest BCUT2D eigenvalue weighted by Crippen LogP contribution is 2.20. The van der Waals surface area contributed by atoms with Crippen molar-refractivity contribution in [3.8, 4) is 5.75 Å². The Morgan fingerprint density at radius 1 is 1.25 bits per heavy atom. The molecule has 1 atom stereocenters. The van der Waals surface area contributed by atoms with Gasteiger partial charge in [0.1, 0.15) is 18.5 Å². The second-order valence-corrected chi connectivity index (χ2v) is 5.24. The molecule has 20 heavy (non-hydrogen) atoms. The monoisotopic (exact) mass is 301 g/mol. The molecule has 0 aliphatic rings. The fourth-order valence-electron chi connectivity index (χ4n) is 1.84. The molecule has 3 nitrogen and oxygen atoms in total. The smallest absolute Gasteiger partial charge is 0.122 e. The number of unbranched alkanes of at least 4 members (excludes halogenated alkanes) is 1. The van der Waals surface area contributed by atoms with Crippen molar-refractivity contribution >= 4 is 12.4 Å². The lowest BCUT2D eigenvalue weighted by atomic mass is 10.1. The minimum atomic E-state index is -0.471. The minimum Gasteiger partial charge on any atom is -0.491 e. The van der Waals surface area contributed by atoms with Gasteiger partial charge in [-0.1, -0.05) is 45.4 Å². The maximum absolute atomic E-state index is 9.84. The van der Waals surface area contributed by atoms with Gasteiger partial charge < -0.3 is 15.2 Å². The first-order valence-electron chi connectivity index (χ1n) is 7.25. The van der Waals surface area contributed by atoms with Crippen molar-refractivity contribution in [1.82, 2.24) is 5.32 Å². The highest BCUT2D eigenvalue weighted by atomic mass is 35.5. The summed E-state index contributed by atoms with van der Waals surface area (Å²) in [6.07, 6.45) is 2.90. The van der Waals surface area contributed by atoms with Crippen LogP contribution in [0.2, 0.25) is 0 Å². The minimum absolute atomic E-state index is 0. The van der Waals surface area contributed by atoms with Crippen molar-refractivity contribution in [2.24, 2.45) is 0 Å². The standard InChI is InChI=1S/C16H27NO2.ClH/c1-4-5-8-14-9-6-7-10-16(14)19-12-15(18)11-17-13(2)3;/h6-7,9-10,13,15,17-18H,4-5,8,11-12H2,1-3H3;1H. The molecule has 4 heteroatoms.